The van der Waals surface area contributed by atoms with Crippen molar-refractivity contribution in [1.29, 1.82) is 0 Å². The Balaban J connectivity index is 1.45. The molecule has 0 aliphatic carbocycles. The number of fused-ring (bicyclic) bond motifs is 1. The Morgan fingerprint density at radius 3 is 2.45 bits per heavy atom. The number of carbonyl (C=O) groups is 3. The number of nitrogens with one attached hydrogen (secondary N) is 2. The molecule has 1 saturated heterocycles. The Kier molecular flexibility index (Phi) is 8.23. The second-order valence-electron chi connectivity index (χ2n) is 9.61. The van der Waals surface area contributed by atoms with E-state index in [2.05, 4.69) is 10.3 Å². The molecule has 38 heavy (non-hydrogen) atoms. The van der Waals surface area contributed by atoms with E-state index in [1.165, 1.54) is 12.0 Å². The molecule has 2 aromatic carbocycles. The number of para-hydroxylation sites is 1. The summed E-state index contributed by atoms with van der Waals surface area (Å²) in [7, 11) is 0. The van der Waals surface area contributed by atoms with Gasteiger partial charge in [-0.2, -0.15) is 0 Å². The summed E-state index contributed by atoms with van der Waals surface area (Å²) in [6.07, 6.45) is 0.361. The minimum absolute atomic E-state index is 0.110. The summed E-state index contributed by atoms with van der Waals surface area (Å²) in [6.45, 7) is 5.92. The van der Waals surface area contributed by atoms with Crippen LogP contribution in [-0.2, 0) is 14.4 Å². The highest BCUT2D eigenvalue weighted by Gasteiger charge is 2.39. The molecule has 4 rings (SSSR count). The molecule has 1 aromatic heterocycles. The molecule has 2 heterocycles. The van der Waals surface area contributed by atoms with Crippen LogP contribution in [0.3, 0.4) is 0 Å². The molecule has 0 spiro atoms. The number of amides is 2. The number of piperidine rings is 1. The van der Waals surface area contributed by atoms with E-state index in [4.69, 9.17) is 14.8 Å². The van der Waals surface area contributed by atoms with Crippen molar-refractivity contribution in [2.75, 3.05) is 13.1 Å². The predicted molar refractivity (Wildman–Crippen MR) is 139 cm³/mol. The first-order valence-corrected chi connectivity index (χ1v) is 12.5. The first-order valence-electron chi connectivity index (χ1n) is 12.5. The van der Waals surface area contributed by atoms with E-state index in [0.29, 0.717) is 37.2 Å². The highest BCUT2D eigenvalue weighted by atomic mass is 16.7. The molecule has 10 nitrogen and oxygen atoms in total. The molecule has 1 aliphatic rings. The van der Waals surface area contributed by atoms with Crippen molar-refractivity contribution >= 4 is 28.7 Å². The van der Waals surface area contributed by atoms with Gasteiger partial charge in [0.1, 0.15) is 11.9 Å². The minimum Gasteiger partial charge on any atom is -0.486 e. The van der Waals surface area contributed by atoms with Crippen LogP contribution in [0.25, 0.3) is 10.9 Å². The van der Waals surface area contributed by atoms with E-state index in [0.717, 1.165) is 22.2 Å². The Labute approximate surface area is 220 Å². The lowest BCUT2D eigenvalue weighted by molar-refractivity contribution is -0.195. The number of hydrogen-bond acceptors (Lipinski definition) is 8. The quantitative estimate of drug-likeness (QED) is 0.303. The van der Waals surface area contributed by atoms with Gasteiger partial charge >= 0.3 is 5.97 Å². The Morgan fingerprint density at radius 1 is 1.11 bits per heavy atom. The maximum absolute atomic E-state index is 13.1. The number of aryl methyl sites for hydroxylation is 1. The van der Waals surface area contributed by atoms with Gasteiger partial charge in [0.2, 0.25) is 5.91 Å². The standard InChI is InChI=1S/C28H32N4O6/c1-18-16-24(23-6-4-5-7-25(23)29-18)19(2)37-22-10-8-21(9-11-22)27(35)30-28(17-26(34)31-36)12-14-32(15-13-28)38-20(3)33/h4-11,16,19,36H,12-15,17H2,1-3H3,(H,30,35)(H,31,34). The maximum Gasteiger partial charge on any atom is 0.322 e. The van der Waals surface area contributed by atoms with Crippen molar-refractivity contribution in [1.82, 2.24) is 20.8 Å². The van der Waals surface area contributed by atoms with Gasteiger partial charge < -0.3 is 14.9 Å². The number of nitrogens with zero attached hydrogens (tertiary/aromatic N) is 2. The molecule has 1 atom stereocenters. The largest absolute Gasteiger partial charge is 0.486 e. The number of pyridine rings is 1. The highest BCUT2D eigenvalue weighted by molar-refractivity contribution is 5.95. The number of hydrogen-bond donors (Lipinski definition) is 3. The smallest absolute Gasteiger partial charge is 0.322 e. The van der Waals surface area contributed by atoms with Crippen LogP contribution in [0, 0.1) is 6.92 Å². The van der Waals surface area contributed by atoms with Gasteiger partial charge in [0, 0.05) is 42.2 Å². The van der Waals surface area contributed by atoms with Crippen molar-refractivity contribution in [3.63, 3.8) is 0 Å². The number of ether oxygens (including phenoxy) is 1. The molecule has 1 fully saturated rings. The molecule has 1 aliphatic heterocycles. The number of rotatable bonds is 8. The zero-order valence-corrected chi connectivity index (χ0v) is 21.7. The fourth-order valence-corrected chi connectivity index (χ4v) is 4.82. The highest BCUT2D eigenvalue weighted by Crippen LogP contribution is 2.29. The summed E-state index contributed by atoms with van der Waals surface area (Å²) < 4.78 is 6.19. The third-order valence-electron chi connectivity index (χ3n) is 6.68. The van der Waals surface area contributed by atoms with Crippen LogP contribution >= 0.6 is 0 Å². The fraction of sp³-hybridized carbons (Fsp3) is 0.357. The van der Waals surface area contributed by atoms with Gasteiger partial charge in [0.05, 0.1) is 17.5 Å². The summed E-state index contributed by atoms with van der Waals surface area (Å²) in [5, 5.41) is 14.6. The first kappa shape index (κ1) is 27.0. The van der Waals surface area contributed by atoms with Crippen LogP contribution in [0.4, 0.5) is 0 Å². The zero-order chi connectivity index (χ0) is 27.3. The molecule has 0 bridgehead atoms. The molecular formula is C28H32N4O6. The van der Waals surface area contributed by atoms with E-state index in [9.17, 15) is 14.4 Å². The summed E-state index contributed by atoms with van der Waals surface area (Å²) in [5.41, 5.74) is 3.99. The molecule has 0 saturated carbocycles. The summed E-state index contributed by atoms with van der Waals surface area (Å²) >= 11 is 0. The number of benzene rings is 2. The van der Waals surface area contributed by atoms with Crippen LogP contribution in [0.5, 0.6) is 5.75 Å². The van der Waals surface area contributed by atoms with Gasteiger partial charge in [0.25, 0.3) is 5.91 Å². The molecule has 3 N–H and O–H groups in total. The Hall–Kier alpha value is -4.02. The van der Waals surface area contributed by atoms with Crippen LogP contribution in [0.15, 0.2) is 54.6 Å². The van der Waals surface area contributed by atoms with Gasteiger partial charge in [-0.25, -0.2) is 5.48 Å². The average molecular weight is 521 g/mol. The molecule has 3 aromatic rings. The fourth-order valence-electron chi connectivity index (χ4n) is 4.82. The van der Waals surface area contributed by atoms with Gasteiger partial charge in [0.15, 0.2) is 0 Å². The molecule has 2 amide bonds. The van der Waals surface area contributed by atoms with E-state index in [-0.39, 0.29) is 18.4 Å². The molecule has 1 unspecified atom stereocenters. The van der Waals surface area contributed by atoms with Crippen LogP contribution in [-0.4, -0.2) is 51.7 Å². The third kappa shape index (κ3) is 6.45. The van der Waals surface area contributed by atoms with Crippen LogP contribution < -0.4 is 15.5 Å². The lowest BCUT2D eigenvalue weighted by Gasteiger charge is -2.40. The van der Waals surface area contributed by atoms with Crippen LogP contribution in [0.2, 0.25) is 0 Å². The van der Waals surface area contributed by atoms with Crippen molar-refractivity contribution < 1.29 is 29.2 Å². The predicted octanol–water partition coefficient (Wildman–Crippen LogP) is 3.62. The summed E-state index contributed by atoms with van der Waals surface area (Å²) in [6, 6.07) is 16.7. The van der Waals surface area contributed by atoms with E-state index >= 15 is 0 Å². The monoisotopic (exact) mass is 520 g/mol. The Morgan fingerprint density at radius 2 is 1.79 bits per heavy atom. The van der Waals surface area contributed by atoms with Crippen molar-refractivity contribution in [3.05, 3.63) is 71.4 Å². The summed E-state index contributed by atoms with van der Waals surface area (Å²) in [5.74, 6) is -0.787. The lowest BCUT2D eigenvalue weighted by Crippen LogP contribution is -2.57. The van der Waals surface area contributed by atoms with Gasteiger partial charge in [-0.3, -0.25) is 24.6 Å². The first-order chi connectivity index (χ1) is 18.2. The second kappa shape index (κ2) is 11.6. The molecular weight excluding hydrogens is 488 g/mol. The summed E-state index contributed by atoms with van der Waals surface area (Å²) in [4.78, 5) is 46.1. The van der Waals surface area contributed by atoms with E-state index in [1.54, 1.807) is 29.7 Å². The normalized spacial score (nSPS) is 15.9. The lowest BCUT2D eigenvalue weighted by atomic mass is 9.84. The van der Waals surface area contributed by atoms with Gasteiger partial charge in [-0.05, 0) is 63.1 Å². The molecule has 200 valence electrons. The topological polar surface area (TPSA) is 130 Å². The van der Waals surface area contributed by atoms with Crippen molar-refractivity contribution in [2.45, 2.75) is 51.7 Å². The van der Waals surface area contributed by atoms with Crippen molar-refractivity contribution in [2.24, 2.45) is 0 Å². The van der Waals surface area contributed by atoms with Crippen molar-refractivity contribution in [3.8, 4) is 5.75 Å². The average Bonchev–Trinajstić information content (AvgIpc) is 2.89. The van der Waals surface area contributed by atoms with Crippen LogP contribution in [0.1, 0.15) is 60.8 Å². The SMILES string of the molecule is CC(=O)ON1CCC(CC(=O)NO)(NC(=O)c2ccc(OC(C)c3cc(C)nc4ccccc34)cc2)CC1. The molecule has 10 heteroatoms. The van der Waals surface area contributed by atoms with Gasteiger partial charge in [-0.1, -0.05) is 18.2 Å². The maximum atomic E-state index is 13.1. The Bertz CT molecular complexity index is 1320. The number of hydroxylamine groups is 3. The number of carbonyl (C=O) groups excluding carboxylic acids is 3. The number of aromatic nitrogens is 1. The van der Waals surface area contributed by atoms with E-state index in [1.807, 2.05) is 44.2 Å². The van der Waals surface area contributed by atoms with E-state index < -0.39 is 17.4 Å². The van der Waals surface area contributed by atoms with Gasteiger partial charge in [-0.15, -0.1) is 5.06 Å². The zero-order valence-electron chi connectivity index (χ0n) is 21.7. The second-order valence-corrected chi connectivity index (χ2v) is 9.61. The molecule has 0 radical (unpaired) electrons. The minimum atomic E-state index is -0.898. The third-order valence-corrected chi connectivity index (χ3v) is 6.68.